The second-order valence-corrected chi connectivity index (χ2v) is 5.57. The van der Waals surface area contributed by atoms with Gasteiger partial charge in [0, 0.05) is 19.0 Å². The normalized spacial score (nSPS) is 11.2. The zero-order chi connectivity index (χ0) is 14.7. The van der Waals surface area contributed by atoms with Crippen LogP contribution in [0.4, 0.5) is 0 Å². The van der Waals surface area contributed by atoms with E-state index in [2.05, 4.69) is 10.3 Å². The van der Waals surface area contributed by atoms with Gasteiger partial charge in [-0.05, 0) is 26.0 Å². The minimum absolute atomic E-state index is 0.0180. The number of alkyl halides is 1. The second-order valence-electron chi connectivity index (χ2n) is 4.89. The monoisotopic (exact) mass is 313 g/mol. The van der Waals surface area contributed by atoms with Crippen molar-refractivity contribution in [3.05, 3.63) is 29.0 Å². The van der Waals surface area contributed by atoms with Crippen LogP contribution >= 0.6 is 23.2 Å². The molecule has 2 rings (SSSR count). The topological polar surface area (TPSA) is 46.9 Å². The van der Waals surface area contributed by atoms with Crippen LogP contribution < -0.4 is 5.32 Å². The first kappa shape index (κ1) is 15.1. The van der Waals surface area contributed by atoms with Gasteiger partial charge in [-0.3, -0.25) is 4.79 Å². The van der Waals surface area contributed by atoms with E-state index >= 15 is 0 Å². The predicted molar refractivity (Wildman–Crippen MR) is 82.2 cm³/mol. The quantitative estimate of drug-likeness (QED) is 0.860. The van der Waals surface area contributed by atoms with Crippen LogP contribution in [0.15, 0.2) is 18.2 Å². The van der Waals surface area contributed by atoms with Crippen LogP contribution in [0.1, 0.15) is 26.1 Å². The number of nitrogens with one attached hydrogen (secondary N) is 1. The van der Waals surface area contributed by atoms with Gasteiger partial charge in [-0.15, -0.1) is 11.6 Å². The highest BCUT2D eigenvalue weighted by Gasteiger charge is 2.13. The first-order chi connectivity index (χ1) is 9.52. The highest BCUT2D eigenvalue weighted by molar-refractivity contribution is 6.35. The Morgan fingerprint density at radius 3 is 2.85 bits per heavy atom. The smallest absolute Gasteiger partial charge is 0.221 e. The van der Waals surface area contributed by atoms with E-state index in [1.807, 2.05) is 30.5 Å². The summed E-state index contributed by atoms with van der Waals surface area (Å²) in [6.45, 7) is 4.42. The third-order valence-electron chi connectivity index (χ3n) is 2.94. The molecule has 0 aliphatic heterocycles. The van der Waals surface area contributed by atoms with Crippen LogP contribution in [0, 0.1) is 0 Å². The van der Waals surface area contributed by atoms with Gasteiger partial charge in [0.2, 0.25) is 5.91 Å². The van der Waals surface area contributed by atoms with Crippen LogP contribution in [0.3, 0.4) is 0 Å². The van der Waals surface area contributed by atoms with Crippen molar-refractivity contribution in [1.29, 1.82) is 0 Å². The molecule has 1 aromatic heterocycles. The number of para-hydroxylation sites is 1. The number of benzene rings is 1. The fourth-order valence-electron chi connectivity index (χ4n) is 2.12. The Labute approximate surface area is 128 Å². The number of halogens is 2. The molecule has 0 radical (unpaired) electrons. The molecular formula is C14H17Cl2N3O. The molecule has 1 aromatic carbocycles. The van der Waals surface area contributed by atoms with Crippen molar-refractivity contribution < 1.29 is 4.79 Å². The van der Waals surface area contributed by atoms with Crippen molar-refractivity contribution in [1.82, 2.24) is 14.9 Å². The Morgan fingerprint density at radius 1 is 1.45 bits per heavy atom. The zero-order valence-electron chi connectivity index (χ0n) is 11.5. The molecule has 1 heterocycles. The SMILES string of the molecule is CC(C)NC(=O)CCn1c(CCl)nc2c(Cl)cccc21. The van der Waals surface area contributed by atoms with Crippen molar-refractivity contribution >= 4 is 40.1 Å². The molecule has 0 atom stereocenters. The molecule has 0 saturated heterocycles. The number of hydrogen-bond donors (Lipinski definition) is 1. The summed E-state index contributed by atoms with van der Waals surface area (Å²) in [7, 11) is 0. The van der Waals surface area contributed by atoms with Crippen molar-refractivity contribution in [2.75, 3.05) is 0 Å². The average Bonchev–Trinajstić information content (AvgIpc) is 2.75. The number of amides is 1. The molecule has 20 heavy (non-hydrogen) atoms. The van der Waals surface area contributed by atoms with Gasteiger partial charge in [-0.2, -0.15) is 0 Å². The summed E-state index contributed by atoms with van der Waals surface area (Å²) in [4.78, 5) is 16.2. The molecule has 0 aliphatic carbocycles. The third-order valence-corrected chi connectivity index (χ3v) is 3.48. The summed E-state index contributed by atoms with van der Waals surface area (Å²) in [5.74, 6) is 1.04. The minimum atomic E-state index is 0.0180. The van der Waals surface area contributed by atoms with E-state index in [9.17, 15) is 4.79 Å². The van der Waals surface area contributed by atoms with Gasteiger partial charge < -0.3 is 9.88 Å². The summed E-state index contributed by atoms with van der Waals surface area (Å²) in [5.41, 5.74) is 1.64. The number of imidazole rings is 1. The number of hydrogen-bond acceptors (Lipinski definition) is 2. The number of rotatable bonds is 5. The Hall–Kier alpha value is -1.26. The maximum Gasteiger partial charge on any atom is 0.221 e. The fraction of sp³-hybridized carbons (Fsp3) is 0.429. The number of carbonyl (C=O) groups excluding carboxylic acids is 1. The van der Waals surface area contributed by atoms with E-state index in [-0.39, 0.29) is 17.8 Å². The number of fused-ring (bicyclic) bond motifs is 1. The van der Waals surface area contributed by atoms with E-state index in [0.29, 0.717) is 18.0 Å². The van der Waals surface area contributed by atoms with Crippen LogP contribution in [0.2, 0.25) is 5.02 Å². The zero-order valence-corrected chi connectivity index (χ0v) is 13.0. The first-order valence-electron chi connectivity index (χ1n) is 6.52. The van der Waals surface area contributed by atoms with Crippen molar-refractivity contribution in [2.24, 2.45) is 0 Å². The van der Waals surface area contributed by atoms with E-state index in [0.717, 1.165) is 16.9 Å². The van der Waals surface area contributed by atoms with E-state index in [4.69, 9.17) is 23.2 Å². The lowest BCUT2D eigenvalue weighted by Crippen LogP contribution is -2.30. The summed E-state index contributed by atoms with van der Waals surface area (Å²) >= 11 is 12.1. The molecular weight excluding hydrogens is 297 g/mol. The first-order valence-corrected chi connectivity index (χ1v) is 7.43. The summed E-state index contributed by atoms with van der Waals surface area (Å²) < 4.78 is 1.95. The van der Waals surface area contributed by atoms with Crippen LogP contribution in [-0.4, -0.2) is 21.5 Å². The van der Waals surface area contributed by atoms with Gasteiger partial charge >= 0.3 is 0 Å². The van der Waals surface area contributed by atoms with Gasteiger partial charge in [0.1, 0.15) is 11.3 Å². The van der Waals surface area contributed by atoms with Gasteiger partial charge in [-0.1, -0.05) is 17.7 Å². The molecule has 0 spiro atoms. The van der Waals surface area contributed by atoms with Gasteiger partial charge in [0.25, 0.3) is 0 Å². The fourth-order valence-corrected chi connectivity index (χ4v) is 2.54. The van der Waals surface area contributed by atoms with Crippen molar-refractivity contribution in [3.63, 3.8) is 0 Å². The minimum Gasteiger partial charge on any atom is -0.354 e. The van der Waals surface area contributed by atoms with Gasteiger partial charge in [-0.25, -0.2) is 4.98 Å². The Bertz CT molecular complexity index is 622. The number of nitrogens with zero attached hydrogens (tertiary/aromatic N) is 2. The molecule has 0 saturated carbocycles. The maximum absolute atomic E-state index is 11.7. The largest absolute Gasteiger partial charge is 0.354 e. The van der Waals surface area contributed by atoms with E-state index < -0.39 is 0 Å². The van der Waals surface area contributed by atoms with Crippen molar-refractivity contribution in [2.45, 2.75) is 38.7 Å². The molecule has 6 heteroatoms. The lowest BCUT2D eigenvalue weighted by atomic mass is 10.3. The summed E-state index contributed by atoms with van der Waals surface area (Å²) in [5, 5.41) is 3.47. The Morgan fingerprint density at radius 2 is 2.20 bits per heavy atom. The van der Waals surface area contributed by atoms with Crippen LogP contribution in [0.5, 0.6) is 0 Å². The second kappa shape index (κ2) is 6.46. The van der Waals surface area contributed by atoms with E-state index in [1.54, 1.807) is 6.07 Å². The van der Waals surface area contributed by atoms with E-state index in [1.165, 1.54) is 0 Å². The molecule has 2 aromatic rings. The lowest BCUT2D eigenvalue weighted by molar-refractivity contribution is -0.121. The summed E-state index contributed by atoms with van der Waals surface area (Å²) in [6.07, 6.45) is 0.389. The Balaban J connectivity index is 2.24. The maximum atomic E-state index is 11.7. The average molecular weight is 314 g/mol. The molecule has 0 bridgehead atoms. The molecule has 0 unspecified atom stereocenters. The highest BCUT2D eigenvalue weighted by atomic mass is 35.5. The molecule has 0 aliphatic rings. The van der Waals surface area contributed by atoms with Gasteiger partial charge in [0.15, 0.2) is 0 Å². The number of aryl methyl sites for hydroxylation is 1. The van der Waals surface area contributed by atoms with Crippen molar-refractivity contribution in [3.8, 4) is 0 Å². The predicted octanol–water partition coefficient (Wildman–Crippen LogP) is 3.34. The molecule has 0 fully saturated rings. The number of aromatic nitrogens is 2. The summed E-state index contributed by atoms with van der Waals surface area (Å²) in [6, 6.07) is 5.74. The molecule has 108 valence electrons. The molecule has 4 nitrogen and oxygen atoms in total. The standard InChI is InChI=1S/C14H17Cl2N3O/c1-9(2)17-13(20)6-7-19-11-5-3-4-10(16)14(11)18-12(19)8-15/h3-5,9H,6-8H2,1-2H3,(H,17,20). The molecule has 1 amide bonds. The van der Waals surface area contributed by atoms with Crippen LogP contribution in [-0.2, 0) is 17.2 Å². The molecule has 1 N–H and O–H groups in total. The third kappa shape index (κ3) is 3.25. The highest BCUT2D eigenvalue weighted by Crippen LogP contribution is 2.24. The van der Waals surface area contributed by atoms with Gasteiger partial charge in [0.05, 0.1) is 16.4 Å². The Kier molecular flexibility index (Phi) is 4.89. The lowest BCUT2D eigenvalue weighted by Gasteiger charge is -2.10. The van der Waals surface area contributed by atoms with Crippen LogP contribution in [0.25, 0.3) is 11.0 Å². The number of carbonyl (C=O) groups is 1.